The van der Waals surface area contributed by atoms with Gasteiger partial charge in [-0.3, -0.25) is 4.79 Å². The number of hydrogen-bond acceptors (Lipinski definition) is 4. The number of para-hydroxylation sites is 1. The van der Waals surface area contributed by atoms with Crippen LogP contribution in [0.2, 0.25) is 0 Å². The second kappa shape index (κ2) is 6.64. The number of aromatic nitrogens is 3. The van der Waals surface area contributed by atoms with Crippen molar-refractivity contribution in [3.8, 4) is 0 Å². The van der Waals surface area contributed by atoms with Crippen molar-refractivity contribution < 1.29 is 4.79 Å². The molecule has 1 aliphatic heterocycles. The lowest BCUT2D eigenvalue weighted by molar-refractivity contribution is -0.137. The summed E-state index contributed by atoms with van der Waals surface area (Å²) in [7, 11) is 2.10. The Morgan fingerprint density at radius 1 is 1.08 bits per heavy atom. The highest BCUT2D eigenvalue weighted by atomic mass is 16.2. The molecule has 128 valence electrons. The van der Waals surface area contributed by atoms with Crippen molar-refractivity contribution >= 4 is 16.9 Å². The average Bonchev–Trinajstić information content (AvgIpc) is 3.05. The van der Waals surface area contributed by atoms with E-state index in [-0.39, 0.29) is 18.5 Å². The van der Waals surface area contributed by atoms with Crippen LogP contribution in [0.4, 0.5) is 0 Å². The fraction of sp³-hybridized carbons (Fsp3) is 0.316. The lowest BCUT2D eigenvalue weighted by Gasteiger charge is -2.40. The molecule has 1 atom stereocenters. The molecule has 1 aromatic heterocycles. The van der Waals surface area contributed by atoms with Crippen LogP contribution in [0.25, 0.3) is 11.0 Å². The number of carbonyl (C=O) groups excluding carboxylic acids is 1. The van der Waals surface area contributed by atoms with E-state index in [1.54, 1.807) is 4.68 Å². The minimum Gasteiger partial charge on any atom is -0.331 e. The molecule has 1 unspecified atom stereocenters. The second-order valence-electron chi connectivity index (χ2n) is 6.51. The smallest absolute Gasteiger partial charge is 0.245 e. The molecule has 1 aliphatic rings. The summed E-state index contributed by atoms with van der Waals surface area (Å²) in [5.41, 5.74) is 2.88. The van der Waals surface area contributed by atoms with Crippen LogP contribution in [0.5, 0.6) is 0 Å². The molecule has 3 aromatic rings. The monoisotopic (exact) mass is 335 g/mol. The van der Waals surface area contributed by atoms with Crippen LogP contribution in [0.3, 0.4) is 0 Å². The number of hydrogen-bond donors (Lipinski definition) is 0. The Hall–Kier alpha value is -2.73. The van der Waals surface area contributed by atoms with E-state index in [2.05, 4.69) is 34.4 Å². The Balaban J connectivity index is 1.59. The molecule has 25 heavy (non-hydrogen) atoms. The van der Waals surface area contributed by atoms with E-state index in [9.17, 15) is 4.79 Å². The Morgan fingerprint density at radius 3 is 2.68 bits per heavy atom. The van der Waals surface area contributed by atoms with E-state index >= 15 is 0 Å². The first-order valence-corrected chi connectivity index (χ1v) is 8.53. The third kappa shape index (κ3) is 3.13. The molecule has 6 heteroatoms. The predicted molar refractivity (Wildman–Crippen MR) is 95.9 cm³/mol. The first-order valence-electron chi connectivity index (χ1n) is 8.53. The Labute approximate surface area is 146 Å². The van der Waals surface area contributed by atoms with Crippen molar-refractivity contribution in [3.63, 3.8) is 0 Å². The van der Waals surface area contributed by atoms with Crippen molar-refractivity contribution in [1.82, 2.24) is 24.8 Å². The number of nitrogens with zero attached hydrogens (tertiary/aromatic N) is 5. The molecule has 1 amide bonds. The maximum atomic E-state index is 13.0. The van der Waals surface area contributed by atoms with Crippen LogP contribution < -0.4 is 0 Å². The molecule has 0 saturated carbocycles. The average molecular weight is 335 g/mol. The van der Waals surface area contributed by atoms with Gasteiger partial charge in [0.15, 0.2) is 0 Å². The summed E-state index contributed by atoms with van der Waals surface area (Å²) < 4.78 is 1.69. The Morgan fingerprint density at radius 2 is 1.84 bits per heavy atom. The Bertz CT molecular complexity index is 876. The number of benzene rings is 2. The third-order valence-electron chi connectivity index (χ3n) is 4.79. The third-order valence-corrected chi connectivity index (χ3v) is 4.79. The summed E-state index contributed by atoms with van der Waals surface area (Å²) in [5, 5.41) is 8.29. The van der Waals surface area contributed by atoms with Gasteiger partial charge < -0.3 is 9.80 Å². The number of carbonyl (C=O) groups is 1. The van der Waals surface area contributed by atoms with Crippen molar-refractivity contribution in [2.45, 2.75) is 12.6 Å². The summed E-state index contributed by atoms with van der Waals surface area (Å²) in [6.45, 7) is 2.66. The van der Waals surface area contributed by atoms with Gasteiger partial charge in [0.25, 0.3) is 0 Å². The van der Waals surface area contributed by atoms with Gasteiger partial charge >= 0.3 is 0 Å². The van der Waals surface area contributed by atoms with Gasteiger partial charge in [0.05, 0.1) is 11.6 Å². The fourth-order valence-electron chi connectivity index (χ4n) is 3.43. The van der Waals surface area contributed by atoms with Crippen LogP contribution in [0.1, 0.15) is 11.6 Å². The molecule has 0 aliphatic carbocycles. The zero-order valence-electron chi connectivity index (χ0n) is 14.2. The second-order valence-corrected chi connectivity index (χ2v) is 6.51. The van der Waals surface area contributed by atoms with Crippen LogP contribution in [0, 0.1) is 0 Å². The highest BCUT2D eigenvalue weighted by Gasteiger charge is 2.30. The van der Waals surface area contributed by atoms with Crippen LogP contribution in [-0.2, 0) is 11.3 Å². The molecule has 0 N–H and O–H groups in total. The SMILES string of the molecule is CN1CCN(C(=O)Cn2nnc3ccccc32)C(c2ccccc2)C1. The minimum absolute atomic E-state index is 0.0715. The van der Waals surface area contributed by atoms with E-state index in [4.69, 9.17) is 0 Å². The van der Waals surface area contributed by atoms with Gasteiger partial charge in [-0.25, -0.2) is 4.68 Å². The number of likely N-dealkylation sites (N-methyl/N-ethyl adjacent to an activating group) is 1. The van der Waals surface area contributed by atoms with Crippen LogP contribution in [0.15, 0.2) is 54.6 Å². The lowest BCUT2D eigenvalue weighted by atomic mass is 10.0. The number of piperazine rings is 1. The zero-order chi connectivity index (χ0) is 17.2. The normalized spacial score (nSPS) is 18.6. The van der Waals surface area contributed by atoms with Crippen molar-refractivity contribution in [2.75, 3.05) is 26.7 Å². The first kappa shape index (κ1) is 15.8. The largest absolute Gasteiger partial charge is 0.331 e. The van der Waals surface area contributed by atoms with E-state index in [1.165, 1.54) is 5.56 Å². The Kier molecular flexibility index (Phi) is 4.19. The summed E-state index contributed by atoms with van der Waals surface area (Å²) >= 11 is 0. The lowest BCUT2D eigenvalue weighted by Crippen LogP contribution is -2.50. The molecule has 0 bridgehead atoms. The highest BCUT2D eigenvalue weighted by molar-refractivity contribution is 5.80. The molecule has 1 fully saturated rings. The fourth-order valence-corrected chi connectivity index (χ4v) is 3.43. The highest BCUT2D eigenvalue weighted by Crippen LogP contribution is 2.25. The van der Waals surface area contributed by atoms with Gasteiger partial charge in [0, 0.05) is 19.6 Å². The van der Waals surface area contributed by atoms with E-state index in [1.807, 2.05) is 47.4 Å². The predicted octanol–water partition coefficient (Wildman–Crippen LogP) is 1.95. The molecule has 2 aromatic carbocycles. The van der Waals surface area contributed by atoms with Gasteiger partial charge in [0.1, 0.15) is 12.1 Å². The molecule has 2 heterocycles. The van der Waals surface area contributed by atoms with Gasteiger partial charge in [-0.15, -0.1) is 5.10 Å². The van der Waals surface area contributed by atoms with E-state index in [0.29, 0.717) is 0 Å². The quantitative estimate of drug-likeness (QED) is 0.734. The molecule has 0 radical (unpaired) electrons. The zero-order valence-corrected chi connectivity index (χ0v) is 14.2. The van der Waals surface area contributed by atoms with Gasteiger partial charge in [0.2, 0.25) is 5.91 Å². The first-order chi connectivity index (χ1) is 12.2. The molecule has 4 rings (SSSR count). The van der Waals surface area contributed by atoms with E-state index < -0.39 is 0 Å². The maximum Gasteiger partial charge on any atom is 0.245 e. The summed E-state index contributed by atoms with van der Waals surface area (Å²) in [6, 6.07) is 18.0. The molecule has 6 nitrogen and oxygen atoms in total. The van der Waals surface area contributed by atoms with Gasteiger partial charge in [-0.05, 0) is 24.7 Å². The molecule has 1 saturated heterocycles. The molecule has 0 spiro atoms. The van der Waals surface area contributed by atoms with Crippen molar-refractivity contribution in [2.24, 2.45) is 0 Å². The molecular weight excluding hydrogens is 314 g/mol. The van der Waals surface area contributed by atoms with Crippen molar-refractivity contribution in [1.29, 1.82) is 0 Å². The number of fused-ring (bicyclic) bond motifs is 1. The topological polar surface area (TPSA) is 54.3 Å². The van der Waals surface area contributed by atoms with E-state index in [0.717, 1.165) is 30.7 Å². The minimum atomic E-state index is 0.0715. The van der Waals surface area contributed by atoms with Crippen LogP contribution >= 0.6 is 0 Å². The van der Waals surface area contributed by atoms with Crippen molar-refractivity contribution in [3.05, 3.63) is 60.2 Å². The molecular formula is C19H21N5O. The number of rotatable bonds is 3. The summed E-state index contributed by atoms with van der Waals surface area (Å²) in [4.78, 5) is 17.3. The maximum absolute atomic E-state index is 13.0. The van der Waals surface area contributed by atoms with Gasteiger partial charge in [-0.2, -0.15) is 0 Å². The summed E-state index contributed by atoms with van der Waals surface area (Å²) in [5.74, 6) is 0.0811. The standard InChI is InChI=1S/C19H21N5O/c1-22-11-12-23(18(13-22)15-7-3-2-4-8-15)19(25)14-24-17-10-6-5-9-16(17)20-21-24/h2-10,18H,11-14H2,1H3. The number of amides is 1. The summed E-state index contributed by atoms with van der Waals surface area (Å²) in [6.07, 6.45) is 0. The van der Waals surface area contributed by atoms with Gasteiger partial charge in [-0.1, -0.05) is 47.7 Å². The van der Waals surface area contributed by atoms with Crippen LogP contribution in [-0.4, -0.2) is 57.4 Å².